The van der Waals surface area contributed by atoms with E-state index < -0.39 is 5.97 Å². The highest BCUT2D eigenvalue weighted by atomic mass is 35.5. The first-order valence-electron chi connectivity index (χ1n) is 5.86. The van der Waals surface area contributed by atoms with E-state index in [4.69, 9.17) is 11.6 Å². The zero-order valence-electron chi connectivity index (χ0n) is 11.3. The predicted molar refractivity (Wildman–Crippen MR) is 74.1 cm³/mol. The molecule has 0 saturated heterocycles. The molecule has 1 heterocycles. The first-order valence-corrected chi connectivity index (χ1v) is 6.24. The van der Waals surface area contributed by atoms with Gasteiger partial charge in [-0.3, -0.25) is 0 Å². The number of halogens is 1. The molecular weight excluding hydrogens is 264 g/mol. The Labute approximate surface area is 116 Å². The second-order valence-corrected chi connectivity index (χ2v) is 4.82. The van der Waals surface area contributed by atoms with Crippen molar-refractivity contribution in [2.75, 3.05) is 7.11 Å². The summed E-state index contributed by atoms with van der Waals surface area (Å²) in [5, 5.41) is 4.58. The van der Waals surface area contributed by atoms with Crippen LogP contribution in [0, 0.1) is 20.8 Å². The van der Waals surface area contributed by atoms with Gasteiger partial charge in [-0.25, -0.2) is 9.48 Å². The maximum atomic E-state index is 11.6. The van der Waals surface area contributed by atoms with Gasteiger partial charge in [0.15, 0.2) is 5.69 Å². The number of nitrogens with zero attached hydrogens (tertiary/aromatic N) is 2. The zero-order valence-corrected chi connectivity index (χ0v) is 12.1. The lowest BCUT2D eigenvalue weighted by Gasteiger charge is -2.08. The van der Waals surface area contributed by atoms with E-state index in [-0.39, 0.29) is 5.69 Å². The van der Waals surface area contributed by atoms with E-state index in [2.05, 4.69) is 15.9 Å². The number of aryl methyl sites for hydroxylation is 2. The molecule has 1 aromatic heterocycles. The molecule has 5 heteroatoms. The largest absolute Gasteiger partial charge is 0.464 e. The van der Waals surface area contributed by atoms with Crippen molar-refractivity contribution in [2.24, 2.45) is 0 Å². The molecule has 1 aromatic carbocycles. The first kappa shape index (κ1) is 13.6. The summed E-state index contributed by atoms with van der Waals surface area (Å²) in [6, 6.07) is 6.01. The van der Waals surface area contributed by atoms with E-state index in [1.54, 1.807) is 4.68 Å². The first-order chi connectivity index (χ1) is 8.95. The molecule has 19 heavy (non-hydrogen) atoms. The van der Waals surface area contributed by atoms with Crippen LogP contribution in [0.4, 0.5) is 0 Å². The predicted octanol–water partition coefficient (Wildman–Crippen LogP) is 3.24. The lowest BCUT2D eigenvalue weighted by atomic mass is 10.1. The molecule has 0 bridgehead atoms. The van der Waals surface area contributed by atoms with Crippen LogP contribution >= 0.6 is 11.6 Å². The van der Waals surface area contributed by atoms with Gasteiger partial charge in [0.1, 0.15) is 0 Å². The van der Waals surface area contributed by atoms with E-state index in [0.29, 0.717) is 10.7 Å². The summed E-state index contributed by atoms with van der Waals surface area (Å²) < 4.78 is 6.34. The van der Waals surface area contributed by atoms with Crippen LogP contribution in [0.1, 0.15) is 27.3 Å². The van der Waals surface area contributed by atoms with Crippen molar-refractivity contribution < 1.29 is 9.53 Å². The van der Waals surface area contributed by atoms with Crippen LogP contribution in [-0.2, 0) is 4.74 Å². The number of hydrogen-bond donors (Lipinski definition) is 0. The highest BCUT2D eigenvalue weighted by Crippen LogP contribution is 2.25. The number of carbonyl (C=O) groups excluding carboxylic acids is 1. The summed E-state index contributed by atoms with van der Waals surface area (Å²) in [4.78, 5) is 11.6. The van der Waals surface area contributed by atoms with Crippen LogP contribution in [0.25, 0.3) is 5.69 Å². The van der Waals surface area contributed by atoms with Gasteiger partial charge in [-0.15, -0.1) is 0 Å². The third kappa shape index (κ3) is 2.36. The standard InChI is InChI=1S/C14H15ClN2O2/c1-8-5-6-11(9(2)7-8)17-10(3)12(15)13(16-17)14(18)19-4/h5-7H,1-4H3. The maximum Gasteiger partial charge on any atom is 0.360 e. The molecule has 0 radical (unpaired) electrons. The van der Waals surface area contributed by atoms with E-state index in [1.807, 2.05) is 32.9 Å². The monoisotopic (exact) mass is 278 g/mol. The quantitative estimate of drug-likeness (QED) is 0.792. The Balaban J connectivity index is 2.60. The molecule has 0 aliphatic rings. The highest BCUT2D eigenvalue weighted by molar-refractivity contribution is 6.34. The molecule has 0 N–H and O–H groups in total. The minimum Gasteiger partial charge on any atom is -0.464 e. The molecule has 0 unspecified atom stereocenters. The molecule has 0 spiro atoms. The molecular formula is C14H15ClN2O2. The van der Waals surface area contributed by atoms with E-state index in [9.17, 15) is 4.79 Å². The van der Waals surface area contributed by atoms with Crippen LogP contribution in [0.3, 0.4) is 0 Å². The second-order valence-electron chi connectivity index (χ2n) is 4.44. The number of hydrogen-bond acceptors (Lipinski definition) is 3. The van der Waals surface area contributed by atoms with Gasteiger partial charge in [-0.2, -0.15) is 5.10 Å². The van der Waals surface area contributed by atoms with Crippen molar-refractivity contribution in [3.05, 3.63) is 45.7 Å². The van der Waals surface area contributed by atoms with Crippen molar-refractivity contribution in [1.29, 1.82) is 0 Å². The number of methoxy groups -OCH3 is 1. The Morgan fingerprint density at radius 1 is 1.32 bits per heavy atom. The Morgan fingerprint density at radius 3 is 2.58 bits per heavy atom. The number of ether oxygens (including phenoxy) is 1. The number of benzene rings is 1. The molecule has 4 nitrogen and oxygen atoms in total. The molecule has 0 saturated carbocycles. The summed E-state index contributed by atoms with van der Waals surface area (Å²) >= 11 is 6.14. The summed E-state index contributed by atoms with van der Waals surface area (Å²) in [6.07, 6.45) is 0. The number of rotatable bonds is 2. The van der Waals surface area contributed by atoms with Gasteiger partial charge in [0.25, 0.3) is 0 Å². The highest BCUT2D eigenvalue weighted by Gasteiger charge is 2.21. The molecule has 2 aromatic rings. The second kappa shape index (κ2) is 5.05. The third-order valence-corrected chi connectivity index (χ3v) is 3.45. The molecule has 0 atom stereocenters. The smallest absolute Gasteiger partial charge is 0.360 e. The summed E-state index contributed by atoms with van der Waals surface area (Å²) in [5.41, 5.74) is 4.00. The van der Waals surface area contributed by atoms with Crippen LogP contribution in [0.2, 0.25) is 5.02 Å². The normalized spacial score (nSPS) is 10.6. The lowest BCUT2D eigenvalue weighted by Crippen LogP contribution is -2.05. The molecule has 0 aliphatic carbocycles. The van der Waals surface area contributed by atoms with Gasteiger partial charge < -0.3 is 4.74 Å². The zero-order chi connectivity index (χ0) is 14.2. The fourth-order valence-corrected chi connectivity index (χ4v) is 2.18. The average molecular weight is 279 g/mol. The Morgan fingerprint density at radius 2 is 2.00 bits per heavy atom. The molecule has 100 valence electrons. The summed E-state index contributed by atoms with van der Waals surface area (Å²) in [5.74, 6) is -0.531. The van der Waals surface area contributed by atoms with E-state index in [1.165, 1.54) is 12.7 Å². The molecule has 0 aliphatic heterocycles. The van der Waals surface area contributed by atoms with Crippen LogP contribution in [0.15, 0.2) is 18.2 Å². The molecule has 0 fully saturated rings. The van der Waals surface area contributed by atoms with Crippen LogP contribution < -0.4 is 0 Å². The lowest BCUT2D eigenvalue weighted by molar-refractivity contribution is 0.0593. The van der Waals surface area contributed by atoms with Gasteiger partial charge in [-0.1, -0.05) is 29.3 Å². The van der Waals surface area contributed by atoms with Crippen molar-refractivity contribution in [2.45, 2.75) is 20.8 Å². The van der Waals surface area contributed by atoms with Crippen molar-refractivity contribution in [3.8, 4) is 5.69 Å². The van der Waals surface area contributed by atoms with Gasteiger partial charge in [0, 0.05) is 0 Å². The molecule has 2 rings (SSSR count). The fourth-order valence-electron chi connectivity index (χ4n) is 1.99. The number of esters is 1. The SMILES string of the molecule is COC(=O)c1nn(-c2ccc(C)cc2C)c(C)c1Cl. The van der Waals surface area contributed by atoms with Crippen LogP contribution in [-0.4, -0.2) is 22.9 Å². The van der Waals surface area contributed by atoms with Gasteiger partial charge in [0.2, 0.25) is 0 Å². The number of carbonyl (C=O) groups is 1. The Kier molecular flexibility index (Phi) is 3.62. The Hall–Kier alpha value is -1.81. The van der Waals surface area contributed by atoms with E-state index >= 15 is 0 Å². The average Bonchev–Trinajstić information content (AvgIpc) is 2.66. The number of aromatic nitrogens is 2. The van der Waals surface area contributed by atoms with Crippen molar-refractivity contribution in [3.63, 3.8) is 0 Å². The third-order valence-electron chi connectivity index (χ3n) is 3.00. The van der Waals surface area contributed by atoms with Gasteiger partial charge in [0.05, 0.1) is 23.5 Å². The Bertz CT molecular complexity index is 647. The minimum atomic E-state index is -0.531. The topological polar surface area (TPSA) is 44.1 Å². The van der Waals surface area contributed by atoms with Gasteiger partial charge >= 0.3 is 5.97 Å². The minimum absolute atomic E-state index is 0.140. The van der Waals surface area contributed by atoms with Crippen LogP contribution in [0.5, 0.6) is 0 Å². The molecule has 0 amide bonds. The summed E-state index contributed by atoms with van der Waals surface area (Å²) in [7, 11) is 1.31. The fraction of sp³-hybridized carbons (Fsp3) is 0.286. The van der Waals surface area contributed by atoms with Crippen molar-refractivity contribution >= 4 is 17.6 Å². The van der Waals surface area contributed by atoms with Crippen molar-refractivity contribution in [1.82, 2.24) is 9.78 Å². The van der Waals surface area contributed by atoms with Gasteiger partial charge in [-0.05, 0) is 32.4 Å². The maximum absolute atomic E-state index is 11.6. The van der Waals surface area contributed by atoms with E-state index in [0.717, 1.165) is 11.3 Å². The summed E-state index contributed by atoms with van der Waals surface area (Å²) in [6.45, 7) is 5.84.